The van der Waals surface area contributed by atoms with E-state index in [4.69, 9.17) is 11.6 Å². The molecule has 0 bridgehead atoms. The number of anilines is 1. The Labute approximate surface area is 129 Å². The summed E-state index contributed by atoms with van der Waals surface area (Å²) >= 11 is 6.17. The first-order chi connectivity index (χ1) is 10.1. The van der Waals surface area contributed by atoms with Crippen LogP contribution in [0.25, 0.3) is 10.9 Å². The third-order valence-electron chi connectivity index (χ3n) is 4.05. The van der Waals surface area contributed by atoms with Crippen LogP contribution in [-0.2, 0) is 13.6 Å². The van der Waals surface area contributed by atoms with Crippen molar-refractivity contribution in [3.8, 4) is 0 Å². The average Bonchev–Trinajstić information content (AvgIpc) is 2.72. The summed E-state index contributed by atoms with van der Waals surface area (Å²) < 4.78 is 2.23. The van der Waals surface area contributed by atoms with Crippen LogP contribution in [-0.4, -0.2) is 9.55 Å². The Morgan fingerprint density at radius 2 is 1.95 bits per heavy atom. The smallest absolute Gasteiger partial charge is 0.152 e. The predicted octanol–water partition coefficient (Wildman–Crippen LogP) is 4.46. The summed E-state index contributed by atoms with van der Waals surface area (Å²) in [6.45, 7) is 4.92. The Balaban J connectivity index is 1.96. The predicted molar refractivity (Wildman–Crippen MR) is 89.0 cm³/mol. The number of benzene rings is 1. The van der Waals surface area contributed by atoms with Crippen LogP contribution < -0.4 is 5.32 Å². The van der Waals surface area contributed by atoms with Crippen molar-refractivity contribution in [2.24, 2.45) is 7.05 Å². The van der Waals surface area contributed by atoms with E-state index in [1.165, 1.54) is 22.2 Å². The molecule has 0 aliphatic carbocycles. The zero-order chi connectivity index (χ0) is 15.0. The van der Waals surface area contributed by atoms with Crippen LogP contribution in [0.2, 0.25) is 5.15 Å². The first-order valence-corrected chi connectivity index (χ1v) is 7.35. The fourth-order valence-electron chi connectivity index (χ4n) is 2.80. The first-order valence-electron chi connectivity index (χ1n) is 6.97. The van der Waals surface area contributed by atoms with Crippen LogP contribution in [0.15, 0.2) is 36.5 Å². The maximum atomic E-state index is 6.17. The van der Waals surface area contributed by atoms with Crippen molar-refractivity contribution in [3.05, 3.63) is 58.5 Å². The van der Waals surface area contributed by atoms with Gasteiger partial charge in [-0.1, -0.05) is 29.8 Å². The van der Waals surface area contributed by atoms with Gasteiger partial charge in [-0.25, -0.2) is 4.98 Å². The van der Waals surface area contributed by atoms with Gasteiger partial charge in [-0.15, -0.1) is 0 Å². The lowest BCUT2D eigenvalue weighted by Crippen LogP contribution is -2.07. The van der Waals surface area contributed by atoms with E-state index in [2.05, 4.69) is 53.1 Å². The third kappa shape index (κ3) is 2.38. The van der Waals surface area contributed by atoms with Gasteiger partial charge in [0.1, 0.15) is 0 Å². The fraction of sp³-hybridized carbons (Fsp3) is 0.235. The average molecular weight is 300 g/mol. The maximum absolute atomic E-state index is 6.17. The summed E-state index contributed by atoms with van der Waals surface area (Å²) in [5.41, 5.74) is 5.82. The lowest BCUT2D eigenvalue weighted by molar-refractivity contribution is 0.861. The number of halogens is 1. The summed E-state index contributed by atoms with van der Waals surface area (Å²) in [5.74, 6) is 0. The number of fused-ring (bicyclic) bond motifs is 1. The molecule has 3 nitrogen and oxygen atoms in total. The molecule has 1 aromatic carbocycles. The van der Waals surface area contributed by atoms with Crippen molar-refractivity contribution in [1.29, 1.82) is 0 Å². The number of aromatic nitrogens is 2. The molecule has 4 heteroatoms. The van der Waals surface area contributed by atoms with Crippen molar-refractivity contribution in [3.63, 3.8) is 0 Å². The van der Waals surface area contributed by atoms with Gasteiger partial charge >= 0.3 is 0 Å². The molecule has 0 saturated carbocycles. The summed E-state index contributed by atoms with van der Waals surface area (Å²) in [7, 11) is 2.10. The van der Waals surface area contributed by atoms with Crippen molar-refractivity contribution in [1.82, 2.24) is 9.55 Å². The van der Waals surface area contributed by atoms with E-state index in [1.807, 2.05) is 13.0 Å². The molecule has 1 N–H and O–H groups in total. The van der Waals surface area contributed by atoms with Gasteiger partial charge in [-0.05, 0) is 37.1 Å². The molecule has 0 aliphatic rings. The topological polar surface area (TPSA) is 29.9 Å². The lowest BCUT2D eigenvalue weighted by Gasteiger charge is -2.12. The number of hydrogen-bond donors (Lipinski definition) is 1. The molecule has 2 aromatic heterocycles. The van der Waals surface area contributed by atoms with E-state index in [1.54, 1.807) is 6.20 Å². The molecule has 0 amide bonds. The number of rotatable bonds is 3. The van der Waals surface area contributed by atoms with Crippen LogP contribution in [0.1, 0.15) is 16.8 Å². The van der Waals surface area contributed by atoms with Gasteiger partial charge in [0, 0.05) is 29.8 Å². The molecule has 2 heterocycles. The second-order valence-corrected chi connectivity index (χ2v) is 5.65. The fourth-order valence-corrected chi connectivity index (χ4v) is 3.07. The van der Waals surface area contributed by atoms with Gasteiger partial charge < -0.3 is 9.88 Å². The standard InChI is InChI=1S/C17H18ClN3/c1-11-8-9-19-17(18)16(11)20-10-15-12(2)13-6-4-5-7-14(13)21(15)3/h4-9,20H,10H2,1-3H3. The quantitative estimate of drug-likeness (QED) is 0.724. The molecule has 0 spiro atoms. The van der Waals surface area contributed by atoms with Crippen LogP contribution in [0.4, 0.5) is 5.69 Å². The molecule has 0 atom stereocenters. The number of pyridine rings is 1. The summed E-state index contributed by atoms with van der Waals surface area (Å²) in [4.78, 5) is 4.14. The molecule has 3 rings (SSSR count). The van der Waals surface area contributed by atoms with Crippen molar-refractivity contribution in [2.75, 3.05) is 5.32 Å². The maximum Gasteiger partial charge on any atom is 0.152 e. The van der Waals surface area contributed by atoms with Crippen LogP contribution in [0.5, 0.6) is 0 Å². The van der Waals surface area contributed by atoms with Crippen LogP contribution >= 0.6 is 11.6 Å². The van der Waals surface area contributed by atoms with Crippen LogP contribution in [0.3, 0.4) is 0 Å². The zero-order valence-electron chi connectivity index (χ0n) is 12.4. The number of nitrogens with zero attached hydrogens (tertiary/aromatic N) is 2. The highest BCUT2D eigenvalue weighted by Gasteiger charge is 2.12. The van der Waals surface area contributed by atoms with Crippen molar-refractivity contribution < 1.29 is 0 Å². The zero-order valence-corrected chi connectivity index (χ0v) is 13.2. The SMILES string of the molecule is Cc1ccnc(Cl)c1NCc1c(C)c2ccccc2n1C. The Kier molecular flexibility index (Phi) is 3.60. The summed E-state index contributed by atoms with van der Waals surface area (Å²) in [5, 5.41) is 5.24. The van der Waals surface area contributed by atoms with E-state index in [9.17, 15) is 0 Å². The monoisotopic (exact) mass is 299 g/mol. The molecule has 108 valence electrons. The highest BCUT2D eigenvalue weighted by molar-refractivity contribution is 6.32. The molecule has 0 saturated heterocycles. The van der Waals surface area contributed by atoms with E-state index >= 15 is 0 Å². The van der Waals surface area contributed by atoms with Gasteiger partial charge in [-0.3, -0.25) is 0 Å². The molecule has 0 fully saturated rings. The molecule has 3 aromatic rings. The molecule has 0 unspecified atom stereocenters. The van der Waals surface area contributed by atoms with E-state index < -0.39 is 0 Å². The minimum absolute atomic E-state index is 0.520. The Hall–Kier alpha value is -2.00. The first kappa shape index (κ1) is 14.0. The molecule has 0 radical (unpaired) electrons. The minimum Gasteiger partial charge on any atom is -0.377 e. The number of nitrogens with one attached hydrogen (secondary N) is 1. The third-order valence-corrected chi connectivity index (χ3v) is 4.34. The van der Waals surface area contributed by atoms with Gasteiger partial charge in [0.2, 0.25) is 0 Å². The van der Waals surface area contributed by atoms with Crippen molar-refractivity contribution >= 4 is 28.2 Å². The summed E-state index contributed by atoms with van der Waals surface area (Å²) in [6, 6.07) is 10.4. The van der Waals surface area contributed by atoms with Crippen LogP contribution in [0, 0.1) is 13.8 Å². The van der Waals surface area contributed by atoms with Gasteiger partial charge in [0.15, 0.2) is 5.15 Å². The molecular weight excluding hydrogens is 282 g/mol. The van der Waals surface area contributed by atoms with Gasteiger partial charge in [-0.2, -0.15) is 0 Å². The number of aryl methyl sites for hydroxylation is 3. The highest BCUT2D eigenvalue weighted by Crippen LogP contribution is 2.27. The summed E-state index contributed by atoms with van der Waals surface area (Å²) in [6.07, 6.45) is 1.73. The Bertz CT molecular complexity index is 746. The Morgan fingerprint density at radius 3 is 2.67 bits per heavy atom. The minimum atomic E-state index is 0.520. The van der Waals surface area contributed by atoms with Crippen molar-refractivity contribution in [2.45, 2.75) is 20.4 Å². The lowest BCUT2D eigenvalue weighted by atomic mass is 10.1. The van der Waals surface area contributed by atoms with E-state index in [0.29, 0.717) is 5.15 Å². The number of para-hydroxylation sites is 1. The molecular formula is C17H18ClN3. The molecule has 21 heavy (non-hydrogen) atoms. The second kappa shape index (κ2) is 5.41. The van der Waals surface area contributed by atoms with E-state index in [-0.39, 0.29) is 0 Å². The largest absolute Gasteiger partial charge is 0.377 e. The Morgan fingerprint density at radius 1 is 1.19 bits per heavy atom. The second-order valence-electron chi connectivity index (χ2n) is 5.30. The highest BCUT2D eigenvalue weighted by atomic mass is 35.5. The van der Waals surface area contributed by atoms with Gasteiger partial charge in [0.05, 0.1) is 12.2 Å². The van der Waals surface area contributed by atoms with Gasteiger partial charge in [0.25, 0.3) is 0 Å². The molecule has 0 aliphatic heterocycles. The van der Waals surface area contributed by atoms with E-state index in [0.717, 1.165) is 17.8 Å². The number of hydrogen-bond acceptors (Lipinski definition) is 2. The normalized spacial score (nSPS) is 11.0.